The Kier molecular flexibility index (Phi) is 5.00. The number of nitro benzene ring substituents is 1. The van der Waals surface area contributed by atoms with E-state index in [0.29, 0.717) is 29.4 Å². The Morgan fingerprint density at radius 1 is 1.29 bits per heavy atom. The lowest BCUT2D eigenvalue weighted by atomic mass is 10.1. The summed E-state index contributed by atoms with van der Waals surface area (Å²) in [7, 11) is 2.00. The topological polar surface area (TPSA) is 107 Å². The van der Waals surface area contributed by atoms with Crippen LogP contribution in [0.25, 0.3) is 11.5 Å². The fourth-order valence-electron chi connectivity index (χ4n) is 3.08. The van der Waals surface area contributed by atoms with Crippen molar-refractivity contribution in [2.75, 3.05) is 26.7 Å². The summed E-state index contributed by atoms with van der Waals surface area (Å²) in [6.45, 7) is 2.48. The van der Waals surface area contributed by atoms with E-state index in [1.807, 2.05) is 25.2 Å². The number of nitro groups is 1. The summed E-state index contributed by atoms with van der Waals surface area (Å²) in [6, 6.07) is 13.5. The summed E-state index contributed by atoms with van der Waals surface area (Å²) < 4.78 is 11.3. The summed E-state index contributed by atoms with van der Waals surface area (Å²) in [5.74, 6) is 1.72. The van der Waals surface area contributed by atoms with E-state index in [-0.39, 0.29) is 17.6 Å². The highest BCUT2D eigenvalue weighted by Crippen LogP contribution is 2.36. The number of nitrogens with zero attached hydrogens (tertiary/aromatic N) is 4. The molecule has 144 valence electrons. The lowest BCUT2D eigenvalue weighted by Crippen LogP contribution is -2.44. The van der Waals surface area contributed by atoms with Gasteiger partial charge >= 0.3 is 0 Å². The quantitative estimate of drug-likeness (QED) is 0.531. The van der Waals surface area contributed by atoms with Crippen LogP contribution in [-0.4, -0.2) is 46.6 Å². The molecular formula is C19H19N5O4. The van der Waals surface area contributed by atoms with Crippen LogP contribution in [0.15, 0.2) is 53.1 Å². The first kappa shape index (κ1) is 18.1. The molecule has 0 bridgehead atoms. The Labute approximate surface area is 161 Å². The highest BCUT2D eigenvalue weighted by molar-refractivity contribution is 5.67. The van der Waals surface area contributed by atoms with Crippen LogP contribution in [0.1, 0.15) is 11.9 Å². The van der Waals surface area contributed by atoms with Crippen molar-refractivity contribution in [3.63, 3.8) is 0 Å². The van der Waals surface area contributed by atoms with Crippen molar-refractivity contribution in [1.82, 2.24) is 20.4 Å². The molecule has 1 saturated heterocycles. The van der Waals surface area contributed by atoms with Gasteiger partial charge in [-0.2, -0.15) is 4.98 Å². The molecule has 1 atom stereocenters. The molecule has 28 heavy (non-hydrogen) atoms. The first-order valence-corrected chi connectivity index (χ1v) is 8.88. The second-order valence-corrected chi connectivity index (χ2v) is 6.51. The highest BCUT2D eigenvalue weighted by atomic mass is 16.6. The molecule has 0 saturated carbocycles. The number of piperazine rings is 1. The Morgan fingerprint density at radius 2 is 2.11 bits per heavy atom. The molecule has 9 nitrogen and oxygen atoms in total. The minimum Gasteiger partial charge on any atom is -0.457 e. The van der Waals surface area contributed by atoms with Crippen LogP contribution < -0.4 is 10.1 Å². The SMILES string of the molecule is CN1CCNCC1c1noc(-c2cc([N+](=O)[O-])ccc2Oc2ccccc2)n1. The van der Waals surface area contributed by atoms with Crippen LogP contribution in [0.4, 0.5) is 5.69 Å². The van der Waals surface area contributed by atoms with Crippen LogP contribution in [0.5, 0.6) is 11.5 Å². The zero-order chi connectivity index (χ0) is 19.5. The fraction of sp³-hybridized carbons (Fsp3) is 0.263. The molecule has 0 radical (unpaired) electrons. The van der Waals surface area contributed by atoms with Gasteiger partial charge in [0.05, 0.1) is 16.5 Å². The molecule has 9 heteroatoms. The number of non-ortho nitro benzene ring substituents is 1. The molecular weight excluding hydrogens is 362 g/mol. The third-order valence-corrected chi connectivity index (χ3v) is 4.63. The second-order valence-electron chi connectivity index (χ2n) is 6.51. The lowest BCUT2D eigenvalue weighted by molar-refractivity contribution is -0.384. The molecule has 1 N–H and O–H groups in total. The molecule has 1 aliphatic heterocycles. The molecule has 3 aromatic rings. The summed E-state index contributed by atoms with van der Waals surface area (Å²) in [4.78, 5) is 17.4. The predicted molar refractivity (Wildman–Crippen MR) is 101 cm³/mol. The molecule has 0 amide bonds. The molecule has 0 aliphatic carbocycles. The van der Waals surface area contributed by atoms with E-state index in [9.17, 15) is 10.1 Å². The average molecular weight is 381 g/mol. The highest BCUT2D eigenvalue weighted by Gasteiger charge is 2.27. The normalized spacial score (nSPS) is 17.4. The van der Waals surface area contributed by atoms with Crippen LogP contribution in [0.2, 0.25) is 0 Å². The molecule has 1 aromatic heterocycles. The Bertz CT molecular complexity index is 975. The van der Waals surface area contributed by atoms with Gasteiger partial charge in [0.25, 0.3) is 11.6 Å². The minimum atomic E-state index is -0.466. The number of aromatic nitrogens is 2. The van der Waals surface area contributed by atoms with Gasteiger partial charge < -0.3 is 14.6 Å². The number of para-hydroxylation sites is 1. The summed E-state index contributed by atoms with van der Waals surface area (Å²) >= 11 is 0. The zero-order valence-electron chi connectivity index (χ0n) is 15.2. The summed E-state index contributed by atoms with van der Waals surface area (Å²) in [5.41, 5.74) is 0.301. The number of benzene rings is 2. The van der Waals surface area contributed by atoms with E-state index < -0.39 is 4.92 Å². The molecule has 1 fully saturated rings. The van der Waals surface area contributed by atoms with Crippen molar-refractivity contribution in [3.05, 3.63) is 64.5 Å². The number of ether oxygens (including phenoxy) is 1. The van der Waals surface area contributed by atoms with Crippen molar-refractivity contribution in [2.45, 2.75) is 6.04 Å². The average Bonchev–Trinajstić information content (AvgIpc) is 3.19. The van der Waals surface area contributed by atoms with E-state index in [4.69, 9.17) is 9.26 Å². The van der Waals surface area contributed by atoms with Crippen LogP contribution in [0, 0.1) is 10.1 Å². The first-order valence-electron chi connectivity index (χ1n) is 8.88. The van der Waals surface area contributed by atoms with E-state index in [1.165, 1.54) is 12.1 Å². The van der Waals surface area contributed by atoms with E-state index in [0.717, 1.165) is 13.1 Å². The van der Waals surface area contributed by atoms with Crippen LogP contribution in [-0.2, 0) is 0 Å². The number of hydrogen-bond donors (Lipinski definition) is 1. The molecule has 2 aromatic carbocycles. The summed E-state index contributed by atoms with van der Waals surface area (Å²) in [5, 5.41) is 18.6. The number of rotatable bonds is 5. The maximum absolute atomic E-state index is 11.2. The summed E-state index contributed by atoms with van der Waals surface area (Å²) in [6.07, 6.45) is 0. The molecule has 1 aliphatic rings. The monoisotopic (exact) mass is 381 g/mol. The van der Waals surface area contributed by atoms with Gasteiger partial charge in [-0.25, -0.2) is 0 Å². The first-order chi connectivity index (χ1) is 13.6. The van der Waals surface area contributed by atoms with Crippen molar-refractivity contribution >= 4 is 5.69 Å². The van der Waals surface area contributed by atoms with Crippen molar-refractivity contribution in [2.24, 2.45) is 0 Å². The molecule has 2 heterocycles. The van der Waals surface area contributed by atoms with Gasteiger partial charge in [-0.1, -0.05) is 23.4 Å². The van der Waals surface area contributed by atoms with Crippen molar-refractivity contribution < 1.29 is 14.2 Å². The minimum absolute atomic E-state index is 0.0246. The van der Waals surface area contributed by atoms with Gasteiger partial charge in [0, 0.05) is 31.8 Å². The Balaban J connectivity index is 1.71. The number of nitrogens with one attached hydrogen (secondary N) is 1. The van der Waals surface area contributed by atoms with E-state index in [2.05, 4.69) is 20.4 Å². The fourth-order valence-corrected chi connectivity index (χ4v) is 3.08. The van der Waals surface area contributed by atoms with Gasteiger partial charge in [0.2, 0.25) is 0 Å². The van der Waals surface area contributed by atoms with E-state index >= 15 is 0 Å². The molecule has 0 spiro atoms. The Morgan fingerprint density at radius 3 is 2.86 bits per heavy atom. The Hall–Kier alpha value is -3.30. The van der Waals surface area contributed by atoms with Gasteiger partial charge in [0.15, 0.2) is 5.82 Å². The lowest BCUT2D eigenvalue weighted by Gasteiger charge is -2.30. The second kappa shape index (κ2) is 7.75. The van der Waals surface area contributed by atoms with Gasteiger partial charge in [-0.05, 0) is 25.2 Å². The van der Waals surface area contributed by atoms with Gasteiger partial charge in [-0.3, -0.25) is 15.0 Å². The molecule has 4 rings (SSSR count). The van der Waals surface area contributed by atoms with E-state index in [1.54, 1.807) is 18.2 Å². The maximum Gasteiger partial charge on any atom is 0.270 e. The number of hydrogen-bond acceptors (Lipinski definition) is 8. The third kappa shape index (κ3) is 3.71. The third-order valence-electron chi connectivity index (χ3n) is 4.63. The smallest absolute Gasteiger partial charge is 0.270 e. The maximum atomic E-state index is 11.2. The largest absolute Gasteiger partial charge is 0.457 e. The van der Waals surface area contributed by atoms with Gasteiger partial charge in [0.1, 0.15) is 11.5 Å². The van der Waals surface area contributed by atoms with Crippen molar-refractivity contribution in [1.29, 1.82) is 0 Å². The van der Waals surface area contributed by atoms with Gasteiger partial charge in [-0.15, -0.1) is 0 Å². The zero-order valence-corrected chi connectivity index (χ0v) is 15.2. The standard InChI is InChI=1S/C19H19N5O4/c1-23-10-9-20-12-16(23)18-21-19(28-22-18)15-11-13(24(25)26)7-8-17(15)27-14-5-3-2-4-6-14/h2-8,11,16,20H,9-10,12H2,1H3. The van der Waals surface area contributed by atoms with Crippen LogP contribution >= 0.6 is 0 Å². The number of likely N-dealkylation sites (N-methyl/N-ethyl adjacent to an activating group) is 1. The van der Waals surface area contributed by atoms with Crippen LogP contribution in [0.3, 0.4) is 0 Å². The predicted octanol–water partition coefficient (Wildman–Crippen LogP) is 3.01. The molecule has 1 unspecified atom stereocenters. The van der Waals surface area contributed by atoms with Crippen molar-refractivity contribution in [3.8, 4) is 23.0 Å².